The Balaban J connectivity index is 1.72. The molecule has 0 aromatic heterocycles. The summed E-state index contributed by atoms with van der Waals surface area (Å²) in [4.78, 5) is 32.0. The summed E-state index contributed by atoms with van der Waals surface area (Å²) in [6.45, 7) is 3.21. The number of nitrogens with zero attached hydrogens (tertiary/aromatic N) is 3. The predicted molar refractivity (Wildman–Crippen MR) is 104 cm³/mol. The van der Waals surface area contributed by atoms with Gasteiger partial charge in [0.1, 0.15) is 11.5 Å². The molecule has 6 heteroatoms. The van der Waals surface area contributed by atoms with E-state index in [0.717, 1.165) is 18.7 Å². The monoisotopic (exact) mass is 379 g/mol. The van der Waals surface area contributed by atoms with Gasteiger partial charge in [-0.1, -0.05) is 42.5 Å². The van der Waals surface area contributed by atoms with Gasteiger partial charge >= 0.3 is 0 Å². The fraction of sp³-hybridized carbons (Fsp3) is 0.273. The standard InChI is InChI=1S/C22H22FN3O2/c1-24-11-13-25(14-12-24)20-19(17-7-9-18(23)10-8-17)21(27)26(22(20)28)15-16-5-3-2-4-6-16/h2-10H,11-15H2,1H3. The van der Waals surface area contributed by atoms with Crippen LogP contribution in [0.4, 0.5) is 4.39 Å². The average Bonchev–Trinajstić information content (AvgIpc) is 2.95. The molecule has 2 aromatic carbocycles. The van der Waals surface area contributed by atoms with Crippen molar-refractivity contribution in [1.82, 2.24) is 14.7 Å². The van der Waals surface area contributed by atoms with E-state index < -0.39 is 0 Å². The third-order valence-corrected chi connectivity index (χ3v) is 5.28. The maximum Gasteiger partial charge on any atom is 0.278 e. The topological polar surface area (TPSA) is 43.9 Å². The number of hydrogen-bond acceptors (Lipinski definition) is 4. The minimum atomic E-state index is -0.372. The van der Waals surface area contributed by atoms with Gasteiger partial charge in [0.05, 0.1) is 12.1 Å². The van der Waals surface area contributed by atoms with Crippen LogP contribution in [-0.4, -0.2) is 59.7 Å². The van der Waals surface area contributed by atoms with Crippen LogP contribution >= 0.6 is 0 Å². The Bertz CT molecular complexity index is 917. The number of amides is 2. The molecule has 1 saturated heterocycles. The number of rotatable bonds is 4. The summed E-state index contributed by atoms with van der Waals surface area (Å²) < 4.78 is 13.4. The first kappa shape index (κ1) is 18.4. The molecule has 2 aliphatic rings. The molecule has 2 amide bonds. The van der Waals surface area contributed by atoms with E-state index in [0.29, 0.717) is 29.9 Å². The van der Waals surface area contributed by atoms with E-state index >= 15 is 0 Å². The van der Waals surface area contributed by atoms with Crippen LogP contribution in [0, 0.1) is 5.82 Å². The second kappa shape index (κ2) is 7.56. The number of halogens is 1. The van der Waals surface area contributed by atoms with Crippen LogP contribution < -0.4 is 0 Å². The number of imide groups is 1. The van der Waals surface area contributed by atoms with Crippen molar-refractivity contribution in [3.8, 4) is 0 Å². The quantitative estimate of drug-likeness (QED) is 0.765. The molecule has 0 unspecified atom stereocenters. The third kappa shape index (κ3) is 3.43. The van der Waals surface area contributed by atoms with Crippen molar-refractivity contribution in [3.05, 3.63) is 77.2 Å². The molecule has 0 saturated carbocycles. The lowest BCUT2D eigenvalue weighted by Gasteiger charge is -2.34. The molecule has 2 heterocycles. The summed E-state index contributed by atoms with van der Waals surface area (Å²) in [6.07, 6.45) is 0. The maximum atomic E-state index is 13.4. The Kier molecular flexibility index (Phi) is 4.96. The Hall–Kier alpha value is -2.99. The number of carbonyl (C=O) groups excluding carboxylic acids is 2. The molecule has 0 N–H and O–H groups in total. The molecule has 0 aliphatic carbocycles. The second-order valence-electron chi connectivity index (χ2n) is 7.20. The number of benzene rings is 2. The molecule has 0 spiro atoms. The molecular formula is C22H22FN3O2. The van der Waals surface area contributed by atoms with Gasteiger partial charge in [-0.2, -0.15) is 0 Å². The molecular weight excluding hydrogens is 357 g/mol. The zero-order valence-electron chi connectivity index (χ0n) is 15.8. The van der Waals surface area contributed by atoms with Gasteiger partial charge < -0.3 is 9.80 Å². The number of likely N-dealkylation sites (N-methyl/N-ethyl adjacent to an activating group) is 1. The molecule has 5 nitrogen and oxygen atoms in total. The van der Waals surface area contributed by atoms with Crippen LogP contribution in [0.25, 0.3) is 5.57 Å². The van der Waals surface area contributed by atoms with Crippen LogP contribution in [0.1, 0.15) is 11.1 Å². The largest absolute Gasteiger partial charge is 0.364 e. The van der Waals surface area contributed by atoms with Crippen LogP contribution in [0.2, 0.25) is 0 Å². The van der Waals surface area contributed by atoms with E-state index in [1.807, 2.05) is 42.3 Å². The van der Waals surface area contributed by atoms with Crippen LogP contribution in [0.15, 0.2) is 60.3 Å². The van der Waals surface area contributed by atoms with E-state index in [1.165, 1.54) is 17.0 Å². The minimum absolute atomic E-state index is 0.223. The molecule has 2 aromatic rings. The lowest BCUT2D eigenvalue weighted by atomic mass is 10.0. The summed E-state index contributed by atoms with van der Waals surface area (Å²) in [5.41, 5.74) is 2.26. The van der Waals surface area contributed by atoms with Gasteiger partial charge in [-0.15, -0.1) is 0 Å². The van der Waals surface area contributed by atoms with E-state index in [9.17, 15) is 14.0 Å². The van der Waals surface area contributed by atoms with E-state index in [2.05, 4.69) is 4.90 Å². The summed E-state index contributed by atoms with van der Waals surface area (Å²) >= 11 is 0. The second-order valence-corrected chi connectivity index (χ2v) is 7.20. The first-order valence-electron chi connectivity index (χ1n) is 9.38. The van der Waals surface area contributed by atoms with Gasteiger partial charge in [-0.05, 0) is 30.3 Å². The third-order valence-electron chi connectivity index (χ3n) is 5.28. The molecule has 144 valence electrons. The van der Waals surface area contributed by atoms with Crippen molar-refractivity contribution in [2.24, 2.45) is 0 Å². The summed E-state index contributed by atoms with van der Waals surface area (Å²) in [6, 6.07) is 15.2. The lowest BCUT2D eigenvalue weighted by molar-refractivity contribution is -0.138. The van der Waals surface area contributed by atoms with Gasteiger partial charge in [0.2, 0.25) is 0 Å². The first-order chi connectivity index (χ1) is 13.5. The molecule has 28 heavy (non-hydrogen) atoms. The van der Waals surface area contributed by atoms with Gasteiger partial charge in [0.25, 0.3) is 11.8 Å². The van der Waals surface area contributed by atoms with Crippen molar-refractivity contribution in [3.63, 3.8) is 0 Å². The highest BCUT2D eigenvalue weighted by Crippen LogP contribution is 2.33. The maximum absolute atomic E-state index is 13.4. The van der Waals surface area contributed by atoms with Crippen LogP contribution in [-0.2, 0) is 16.1 Å². The van der Waals surface area contributed by atoms with Gasteiger partial charge in [-0.3, -0.25) is 14.5 Å². The normalized spacial score (nSPS) is 18.4. The summed E-state index contributed by atoms with van der Waals surface area (Å²) in [5, 5.41) is 0. The van der Waals surface area contributed by atoms with Crippen molar-refractivity contribution in [2.45, 2.75) is 6.54 Å². The van der Waals surface area contributed by atoms with Crippen molar-refractivity contribution in [2.75, 3.05) is 33.2 Å². The van der Waals surface area contributed by atoms with Crippen LogP contribution in [0.3, 0.4) is 0 Å². The highest BCUT2D eigenvalue weighted by Gasteiger charge is 2.41. The number of carbonyl (C=O) groups is 2. The van der Waals surface area contributed by atoms with E-state index in [4.69, 9.17) is 0 Å². The minimum Gasteiger partial charge on any atom is -0.364 e. The van der Waals surface area contributed by atoms with Gasteiger partial charge in [0.15, 0.2) is 0 Å². The molecule has 2 aliphatic heterocycles. The number of hydrogen-bond donors (Lipinski definition) is 0. The Morgan fingerprint density at radius 3 is 2.14 bits per heavy atom. The van der Waals surface area contributed by atoms with Crippen LogP contribution in [0.5, 0.6) is 0 Å². The van der Waals surface area contributed by atoms with E-state index in [-0.39, 0.29) is 24.2 Å². The smallest absolute Gasteiger partial charge is 0.278 e. The molecule has 0 radical (unpaired) electrons. The lowest BCUT2D eigenvalue weighted by Crippen LogP contribution is -2.46. The van der Waals surface area contributed by atoms with E-state index in [1.54, 1.807) is 12.1 Å². The van der Waals surface area contributed by atoms with Gasteiger partial charge in [0, 0.05) is 26.2 Å². The SMILES string of the molecule is CN1CCN(C2=C(c3ccc(F)cc3)C(=O)N(Cc3ccccc3)C2=O)CC1. The summed E-state index contributed by atoms with van der Waals surface area (Å²) in [7, 11) is 2.04. The highest BCUT2D eigenvalue weighted by atomic mass is 19.1. The van der Waals surface area contributed by atoms with Crippen molar-refractivity contribution >= 4 is 17.4 Å². The average molecular weight is 379 g/mol. The Morgan fingerprint density at radius 1 is 0.857 bits per heavy atom. The van der Waals surface area contributed by atoms with Crippen molar-refractivity contribution in [1.29, 1.82) is 0 Å². The van der Waals surface area contributed by atoms with Gasteiger partial charge in [-0.25, -0.2) is 4.39 Å². The first-order valence-corrected chi connectivity index (χ1v) is 9.38. The molecule has 1 fully saturated rings. The fourth-order valence-corrected chi connectivity index (χ4v) is 3.67. The Labute approximate surface area is 163 Å². The molecule has 4 rings (SSSR count). The zero-order chi connectivity index (χ0) is 19.7. The zero-order valence-corrected chi connectivity index (χ0v) is 15.8. The number of piperazine rings is 1. The molecule has 0 bridgehead atoms. The highest BCUT2D eigenvalue weighted by molar-refractivity contribution is 6.35. The fourth-order valence-electron chi connectivity index (χ4n) is 3.67. The Morgan fingerprint density at radius 2 is 1.50 bits per heavy atom. The van der Waals surface area contributed by atoms with Crippen molar-refractivity contribution < 1.29 is 14.0 Å². The molecule has 0 atom stereocenters. The summed E-state index contributed by atoms with van der Waals surface area (Å²) in [5.74, 6) is -0.976. The predicted octanol–water partition coefficient (Wildman–Crippen LogP) is 2.35.